The third kappa shape index (κ3) is 3.35. The Morgan fingerprint density at radius 1 is 1.40 bits per heavy atom. The van der Waals surface area contributed by atoms with Gasteiger partial charge in [-0.2, -0.15) is 0 Å². The van der Waals surface area contributed by atoms with Gasteiger partial charge in [0.05, 0.1) is 12.7 Å². The fourth-order valence-corrected chi connectivity index (χ4v) is 1.69. The van der Waals surface area contributed by atoms with E-state index in [0.717, 1.165) is 3.57 Å². The number of carbonyl (C=O) groups is 1. The smallest absolute Gasteiger partial charge is 0.338 e. The van der Waals surface area contributed by atoms with E-state index in [4.69, 9.17) is 9.47 Å². The van der Waals surface area contributed by atoms with Gasteiger partial charge in [0, 0.05) is 10.7 Å². The molecule has 0 aliphatic carbocycles. The van der Waals surface area contributed by atoms with Crippen molar-refractivity contribution in [3.63, 3.8) is 0 Å². The van der Waals surface area contributed by atoms with Crippen molar-refractivity contribution in [1.82, 2.24) is 0 Å². The van der Waals surface area contributed by atoms with Crippen molar-refractivity contribution in [2.24, 2.45) is 0 Å². The highest BCUT2D eigenvalue weighted by Gasteiger charge is 2.10. The summed E-state index contributed by atoms with van der Waals surface area (Å²) in [4.78, 5) is 11.3. The molecule has 1 aromatic rings. The van der Waals surface area contributed by atoms with Crippen LogP contribution in [-0.4, -0.2) is 27.0 Å². The maximum absolute atomic E-state index is 11.3. The van der Waals surface area contributed by atoms with E-state index in [2.05, 4.69) is 27.3 Å². The first-order valence-electron chi connectivity index (χ1n) is 4.18. The second-order valence-electron chi connectivity index (χ2n) is 2.68. The first kappa shape index (κ1) is 12.3. The van der Waals surface area contributed by atoms with E-state index in [1.54, 1.807) is 25.3 Å². The molecule has 0 heterocycles. The lowest BCUT2D eigenvalue weighted by molar-refractivity contribution is 0.0510. The molecule has 0 atom stereocenters. The highest BCUT2D eigenvalue weighted by Crippen LogP contribution is 2.20. The Morgan fingerprint density at radius 2 is 2.13 bits per heavy atom. The van der Waals surface area contributed by atoms with Crippen molar-refractivity contribution in [2.45, 2.75) is 0 Å². The largest absolute Gasteiger partial charge is 0.468 e. The van der Waals surface area contributed by atoms with Crippen LogP contribution in [-0.2, 0) is 9.47 Å². The first-order chi connectivity index (χ1) is 7.19. The minimum absolute atomic E-state index is 0.188. The van der Waals surface area contributed by atoms with Gasteiger partial charge in [0.25, 0.3) is 0 Å². The van der Waals surface area contributed by atoms with Gasteiger partial charge in [-0.05, 0) is 40.8 Å². The molecule has 0 amide bonds. The Labute approximate surface area is 102 Å². The van der Waals surface area contributed by atoms with Gasteiger partial charge in [0.1, 0.15) is 5.75 Å². The van der Waals surface area contributed by atoms with Crippen LogP contribution in [0, 0.1) is 3.57 Å². The Balaban J connectivity index is 2.83. The van der Waals surface area contributed by atoms with E-state index in [-0.39, 0.29) is 12.8 Å². The summed E-state index contributed by atoms with van der Waals surface area (Å²) in [7, 11) is 2.90. The standard InChI is InChI=1S/C10H11IO4/c1-13-6-15-7-3-4-8(9(11)5-7)10(12)14-2/h3-5H,6H2,1-2H3. The van der Waals surface area contributed by atoms with Crippen molar-refractivity contribution in [2.75, 3.05) is 21.0 Å². The lowest BCUT2D eigenvalue weighted by Gasteiger charge is -2.07. The lowest BCUT2D eigenvalue weighted by Crippen LogP contribution is -2.05. The zero-order valence-electron chi connectivity index (χ0n) is 8.45. The first-order valence-corrected chi connectivity index (χ1v) is 5.26. The molecule has 5 heteroatoms. The van der Waals surface area contributed by atoms with Gasteiger partial charge in [0.2, 0.25) is 0 Å². The predicted octanol–water partition coefficient (Wildman–Crippen LogP) is 2.06. The molecule has 0 aromatic heterocycles. The van der Waals surface area contributed by atoms with Gasteiger partial charge in [-0.3, -0.25) is 0 Å². The molecule has 82 valence electrons. The Bertz CT molecular complexity index is 351. The Morgan fingerprint density at radius 3 is 2.67 bits per heavy atom. The molecule has 0 saturated heterocycles. The third-order valence-corrected chi connectivity index (χ3v) is 2.58. The zero-order chi connectivity index (χ0) is 11.3. The molecule has 4 nitrogen and oxygen atoms in total. The fraction of sp³-hybridized carbons (Fsp3) is 0.300. The Hall–Kier alpha value is -0.820. The number of esters is 1. The van der Waals surface area contributed by atoms with Gasteiger partial charge >= 0.3 is 5.97 Å². The molecule has 0 spiro atoms. The van der Waals surface area contributed by atoms with Crippen molar-refractivity contribution in [1.29, 1.82) is 0 Å². The average molecular weight is 322 g/mol. The van der Waals surface area contributed by atoms with Crippen LogP contribution in [0.15, 0.2) is 18.2 Å². The number of ether oxygens (including phenoxy) is 3. The summed E-state index contributed by atoms with van der Waals surface area (Å²) in [5, 5.41) is 0. The number of benzene rings is 1. The molecule has 1 rings (SSSR count). The topological polar surface area (TPSA) is 44.8 Å². The van der Waals surface area contributed by atoms with E-state index in [1.807, 2.05) is 0 Å². The number of methoxy groups -OCH3 is 2. The number of halogens is 1. The predicted molar refractivity (Wildman–Crippen MR) is 63.0 cm³/mol. The van der Waals surface area contributed by atoms with Gasteiger partial charge < -0.3 is 14.2 Å². The normalized spacial score (nSPS) is 9.80. The molecule has 15 heavy (non-hydrogen) atoms. The van der Waals surface area contributed by atoms with Crippen LogP contribution in [0.4, 0.5) is 0 Å². The third-order valence-electron chi connectivity index (χ3n) is 1.69. The molecule has 1 aromatic carbocycles. The van der Waals surface area contributed by atoms with Crippen molar-refractivity contribution in [3.05, 3.63) is 27.3 Å². The fourth-order valence-electron chi connectivity index (χ4n) is 0.988. The quantitative estimate of drug-likeness (QED) is 0.484. The van der Waals surface area contributed by atoms with Crippen molar-refractivity contribution in [3.8, 4) is 5.75 Å². The molecule has 0 saturated carbocycles. The lowest BCUT2D eigenvalue weighted by atomic mass is 10.2. The maximum Gasteiger partial charge on any atom is 0.338 e. The summed E-state index contributed by atoms with van der Waals surface area (Å²) in [6.45, 7) is 0.188. The Kier molecular flexibility index (Phi) is 4.83. The minimum atomic E-state index is -0.349. The maximum atomic E-state index is 11.3. The molecule has 0 fully saturated rings. The van der Waals surface area contributed by atoms with Crippen LogP contribution in [0.2, 0.25) is 0 Å². The van der Waals surface area contributed by atoms with Gasteiger partial charge in [-0.25, -0.2) is 4.79 Å². The molecule has 0 aliphatic heterocycles. The molecule has 0 N–H and O–H groups in total. The van der Waals surface area contributed by atoms with E-state index in [1.165, 1.54) is 7.11 Å². The monoisotopic (exact) mass is 322 g/mol. The number of carbonyl (C=O) groups excluding carboxylic acids is 1. The summed E-state index contributed by atoms with van der Waals surface area (Å²) in [5.74, 6) is 0.312. The second-order valence-corrected chi connectivity index (χ2v) is 3.85. The summed E-state index contributed by atoms with van der Waals surface area (Å²) < 4.78 is 15.4. The molecular weight excluding hydrogens is 311 g/mol. The van der Waals surface area contributed by atoms with Crippen LogP contribution in [0.3, 0.4) is 0 Å². The second kappa shape index (κ2) is 5.92. The summed E-state index contributed by atoms with van der Waals surface area (Å²) in [6.07, 6.45) is 0. The van der Waals surface area contributed by atoms with Crippen LogP contribution in [0.5, 0.6) is 5.75 Å². The molecular formula is C10H11IO4. The van der Waals surface area contributed by atoms with E-state index >= 15 is 0 Å². The van der Waals surface area contributed by atoms with Crippen molar-refractivity contribution >= 4 is 28.6 Å². The van der Waals surface area contributed by atoms with Gasteiger partial charge in [-0.1, -0.05) is 0 Å². The molecule has 0 radical (unpaired) electrons. The molecule has 0 aliphatic rings. The zero-order valence-corrected chi connectivity index (χ0v) is 10.6. The van der Waals surface area contributed by atoms with E-state index in [0.29, 0.717) is 11.3 Å². The SMILES string of the molecule is COCOc1ccc(C(=O)OC)c(I)c1. The number of hydrogen-bond donors (Lipinski definition) is 0. The highest BCUT2D eigenvalue weighted by molar-refractivity contribution is 14.1. The van der Waals surface area contributed by atoms with Crippen LogP contribution < -0.4 is 4.74 Å². The van der Waals surface area contributed by atoms with Gasteiger partial charge in [0.15, 0.2) is 6.79 Å². The van der Waals surface area contributed by atoms with Crippen molar-refractivity contribution < 1.29 is 19.0 Å². The summed E-state index contributed by atoms with van der Waals surface area (Å²) >= 11 is 2.05. The molecule has 0 unspecified atom stereocenters. The van der Waals surface area contributed by atoms with Crippen LogP contribution in [0.1, 0.15) is 10.4 Å². The van der Waals surface area contributed by atoms with Crippen LogP contribution in [0.25, 0.3) is 0 Å². The highest BCUT2D eigenvalue weighted by atomic mass is 127. The number of rotatable bonds is 4. The van der Waals surface area contributed by atoms with Crippen LogP contribution >= 0.6 is 22.6 Å². The number of hydrogen-bond acceptors (Lipinski definition) is 4. The van der Waals surface area contributed by atoms with E-state index in [9.17, 15) is 4.79 Å². The van der Waals surface area contributed by atoms with Gasteiger partial charge in [-0.15, -0.1) is 0 Å². The molecule has 0 bridgehead atoms. The average Bonchev–Trinajstić information content (AvgIpc) is 2.25. The van der Waals surface area contributed by atoms with E-state index < -0.39 is 0 Å². The summed E-state index contributed by atoms with van der Waals surface area (Å²) in [6, 6.07) is 5.12. The minimum Gasteiger partial charge on any atom is -0.468 e. The summed E-state index contributed by atoms with van der Waals surface area (Å²) in [5.41, 5.74) is 0.530.